The van der Waals surface area contributed by atoms with Crippen LogP contribution in [0.25, 0.3) is 22.3 Å². The van der Waals surface area contributed by atoms with Crippen molar-refractivity contribution in [3.05, 3.63) is 23.9 Å². The number of likely N-dealkylation sites (tertiary alicyclic amines) is 1. The topological polar surface area (TPSA) is 83.5 Å². The molecule has 3 aromatic rings. The average Bonchev–Trinajstić information content (AvgIpc) is 3.39. The van der Waals surface area contributed by atoms with E-state index in [0.29, 0.717) is 38.0 Å². The second-order valence-corrected chi connectivity index (χ2v) is 8.15. The van der Waals surface area contributed by atoms with Crippen molar-refractivity contribution in [3.63, 3.8) is 0 Å². The van der Waals surface area contributed by atoms with E-state index >= 15 is 0 Å². The molecule has 1 aromatic carbocycles. The molecule has 2 aromatic heterocycles. The number of rotatable bonds is 2. The normalized spacial score (nSPS) is 17.7. The largest absolute Gasteiger partial charge is 0.325 e. The first-order valence-electron chi connectivity index (χ1n) is 10.7. The Kier molecular flexibility index (Phi) is 4.80. The first-order valence-corrected chi connectivity index (χ1v) is 10.7. The molecular weight excluding hydrogens is 382 g/mol. The quantitative estimate of drug-likeness (QED) is 0.647. The van der Waals surface area contributed by atoms with E-state index in [4.69, 9.17) is 4.52 Å². The lowest BCUT2D eigenvalue weighted by Crippen LogP contribution is -2.53. The van der Waals surface area contributed by atoms with Gasteiger partial charge in [0.2, 0.25) is 5.82 Å². The zero-order valence-electron chi connectivity index (χ0n) is 17.5. The van der Waals surface area contributed by atoms with E-state index in [9.17, 15) is 4.79 Å². The Bertz CT molecular complexity index is 1060. The number of urea groups is 1. The van der Waals surface area contributed by atoms with E-state index in [0.717, 1.165) is 48.1 Å². The maximum Gasteiger partial charge on any atom is 0.324 e. The number of amides is 2. The number of nitrogens with zero attached hydrogens (tertiary/aromatic N) is 7. The highest BCUT2D eigenvalue weighted by molar-refractivity contribution is 5.85. The van der Waals surface area contributed by atoms with Gasteiger partial charge in [-0.25, -0.2) is 4.79 Å². The predicted octanol–water partition coefficient (Wildman–Crippen LogP) is 2.66. The number of anilines is 1. The van der Waals surface area contributed by atoms with Gasteiger partial charge in [0.05, 0.1) is 11.2 Å². The summed E-state index contributed by atoms with van der Waals surface area (Å²) in [4.78, 5) is 23.3. The molecule has 4 heterocycles. The van der Waals surface area contributed by atoms with Gasteiger partial charge in [-0.15, -0.1) is 0 Å². The monoisotopic (exact) mass is 409 g/mol. The van der Waals surface area contributed by atoms with Crippen molar-refractivity contribution in [1.82, 2.24) is 29.7 Å². The summed E-state index contributed by atoms with van der Waals surface area (Å²) in [6.07, 6.45) is 3.45. The van der Waals surface area contributed by atoms with Gasteiger partial charge in [0.1, 0.15) is 0 Å². The van der Waals surface area contributed by atoms with Crippen molar-refractivity contribution in [1.29, 1.82) is 0 Å². The Morgan fingerprint density at radius 3 is 2.50 bits per heavy atom. The summed E-state index contributed by atoms with van der Waals surface area (Å²) in [5.41, 5.74) is 2.95. The third-order valence-electron chi connectivity index (χ3n) is 6.16. The maximum absolute atomic E-state index is 12.7. The van der Waals surface area contributed by atoms with Crippen molar-refractivity contribution in [2.75, 3.05) is 44.2 Å². The number of carbonyl (C=O) groups is 1. The fraction of sp³-hybridized carbons (Fsp3) is 0.524. The van der Waals surface area contributed by atoms with Crippen LogP contribution in [0.15, 0.2) is 22.7 Å². The average molecular weight is 409 g/mol. The number of hydrogen-bond donors (Lipinski definition) is 0. The van der Waals surface area contributed by atoms with Crippen LogP contribution >= 0.6 is 0 Å². The molecule has 2 saturated heterocycles. The van der Waals surface area contributed by atoms with Crippen LogP contribution in [0.1, 0.15) is 25.0 Å². The Morgan fingerprint density at radius 1 is 1.00 bits per heavy atom. The van der Waals surface area contributed by atoms with Crippen LogP contribution in [0.4, 0.5) is 10.8 Å². The lowest BCUT2D eigenvalue weighted by Gasteiger charge is -2.37. The van der Waals surface area contributed by atoms with Gasteiger partial charge in [-0.3, -0.25) is 4.68 Å². The van der Waals surface area contributed by atoms with E-state index < -0.39 is 0 Å². The number of benzene rings is 1. The molecule has 0 radical (unpaired) electrons. The van der Waals surface area contributed by atoms with Crippen molar-refractivity contribution in [3.8, 4) is 11.4 Å². The summed E-state index contributed by atoms with van der Waals surface area (Å²) in [5.74, 6) is 0.567. The summed E-state index contributed by atoms with van der Waals surface area (Å²) in [6, 6.07) is 6.77. The Labute approximate surface area is 175 Å². The van der Waals surface area contributed by atoms with Crippen molar-refractivity contribution >= 4 is 22.9 Å². The standard InChI is InChI=1S/C21H27N7O2/c1-15-17-7-6-16(14-18(17)25(2)23-15)19-22-20(30-24-19)26-10-12-28(13-11-26)21(29)27-8-4-3-5-9-27/h6-7,14H,3-5,8-13H2,1-2H3. The minimum absolute atomic E-state index is 0.167. The molecule has 0 bridgehead atoms. The van der Waals surface area contributed by atoms with Gasteiger partial charge in [0.25, 0.3) is 0 Å². The third kappa shape index (κ3) is 3.38. The smallest absolute Gasteiger partial charge is 0.324 e. The number of fused-ring (bicyclic) bond motifs is 1. The molecule has 30 heavy (non-hydrogen) atoms. The van der Waals surface area contributed by atoms with Crippen LogP contribution in [-0.2, 0) is 7.05 Å². The summed E-state index contributed by atoms with van der Waals surface area (Å²) in [6.45, 7) is 6.51. The Morgan fingerprint density at radius 2 is 1.73 bits per heavy atom. The van der Waals surface area contributed by atoms with E-state index in [1.165, 1.54) is 6.42 Å². The summed E-state index contributed by atoms with van der Waals surface area (Å²) < 4.78 is 7.42. The molecule has 0 N–H and O–H groups in total. The van der Waals surface area contributed by atoms with E-state index in [2.05, 4.69) is 20.1 Å². The van der Waals surface area contributed by atoms with E-state index in [1.807, 2.05) is 46.7 Å². The fourth-order valence-electron chi connectivity index (χ4n) is 4.41. The first-order chi connectivity index (χ1) is 14.6. The van der Waals surface area contributed by atoms with Gasteiger partial charge in [-0.1, -0.05) is 17.3 Å². The lowest BCUT2D eigenvalue weighted by atomic mass is 10.1. The van der Waals surface area contributed by atoms with Gasteiger partial charge in [0, 0.05) is 57.3 Å². The molecule has 2 aliphatic rings. The summed E-state index contributed by atoms with van der Waals surface area (Å²) in [7, 11) is 1.94. The van der Waals surface area contributed by atoms with Crippen LogP contribution in [-0.4, -0.2) is 75.0 Å². The zero-order chi connectivity index (χ0) is 20.7. The third-order valence-corrected chi connectivity index (χ3v) is 6.16. The summed E-state index contributed by atoms with van der Waals surface area (Å²) in [5, 5.41) is 9.78. The van der Waals surface area contributed by atoms with Gasteiger partial charge in [0.15, 0.2) is 0 Å². The predicted molar refractivity (Wildman–Crippen MR) is 113 cm³/mol. The number of carbonyl (C=O) groups excluding carboxylic acids is 1. The van der Waals surface area contributed by atoms with Crippen LogP contribution in [0.2, 0.25) is 0 Å². The second-order valence-electron chi connectivity index (χ2n) is 8.15. The summed E-state index contributed by atoms with van der Waals surface area (Å²) >= 11 is 0. The molecule has 0 atom stereocenters. The fourth-order valence-corrected chi connectivity index (χ4v) is 4.41. The van der Waals surface area contributed by atoms with E-state index in [-0.39, 0.29) is 6.03 Å². The van der Waals surface area contributed by atoms with E-state index in [1.54, 1.807) is 0 Å². The van der Waals surface area contributed by atoms with Crippen LogP contribution in [0.3, 0.4) is 0 Å². The molecule has 5 rings (SSSR count). The van der Waals surface area contributed by atoms with Crippen LogP contribution in [0.5, 0.6) is 0 Å². The minimum atomic E-state index is 0.167. The number of piperidine rings is 1. The zero-order valence-corrected chi connectivity index (χ0v) is 17.5. The maximum atomic E-state index is 12.7. The van der Waals surface area contributed by atoms with Gasteiger partial charge >= 0.3 is 12.0 Å². The lowest BCUT2D eigenvalue weighted by molar-refractivity contribution is 0.140. The highest BCUT2D eigenvalue weighted by atomic mass is 16.5. The molecule has 0 spiro atoms. The van der Waals surface area contributed by atoms with Gasteiger partial charge < -0.3 is 19.2 Å². The molecule has 9 heteroatoms. The molecule has 0 saturated carbocycles. The molecule has 0 aliphatic carbocycles. The number of aromatic nitrogens is 4. The van der Waals surface area contributed by atoms with Crippen LogP contribution in [0, 0.1) is 6.92 Å². The minimum Gasteiger partial charge on any atom is -0.325 e. The molecular formula is C21H27N7O2. The molecule has 9 nitrogen and oxygen atoms in total. The van der Waals surface area contributed by atoms with Gasteiger partial charge in [-0.2, -0.15) is 10.1 Å². The highest BCUT2D eigenvalue weighted by Gasteiger charge is 2.28. The van der Waals surface area contributed by atoms with Crippen molar-refractivity contribution in [2.24, 2.45) is 7.05 Å². The number of piperazine rings is 1. The molecule has 158 valence electrons. The van der Waals surface area contributed by atoms with Crippen molar-refractivity contribution in [2.45, 2.75) is 26.2 Å². The Balaban J connectivity index is 1.26. The van der Waals surface area contributed by atoms with Gasteiger partial charge in [-0.05, 0) is 32.3 Å². The Hall–Kier alpha value is -3.10. The SMILES string of the molecule is Cc1nn(C)c2cc(-c3noc(N4CCN(C(=O)N5CCCCC5)CC4)n3)ccc12. The molecule has 2 amide bonds. The molecule has 0 unspecified atom stereocenters. The number of aryl methyl sites for hydroxylation is 2. The molecule has 2 fully saturated rings. The second kappa shape index (κ2) is 7.62. The molecule has 2 aliphatic heterocycles. The highest BCUT2D eigenvalue weighted by Crippen LogP contribution is 2.26. The first kappa shape index (κ1) is 18.9. The van der Waals surface area contributed by atoms with Crippen LogP contribution < -0.4 is 4.90 Å². The van der Waals surface area contributed by atoms with Crippen molar-refractivity contribution < 1.29 is 9.32 Å². The number of hydrogen-bond acceptors (Lipinski definition) is 6.